The molecule has 0 bridgehead atoms. The van der Waals surface area contributed by atoms with Crippen molar-refractivity contribution < 1.29 is 4.74 Å². The van der Waals surface area contributed by atoms with Crippen molar-refractivity contribution in [1.82, 2.24) is 0 Å². The predicted molar refractivity (Wildman–Crippen MR) is 45.3 cm³/mol. The number of ether oxygens (including phenoxy) is 1. The Hall–Kier alpha value is -0.690. The monoisotopic (exact) mass is 168 g/mol. The van der Waals surface area contributed by atoms with E-state index >= 15 is 0 Å². The van der Waals surface area contributed by atoms with Gasteiger partial charge in [0.05, 0.1) is 5.88 Å². The van der Waals surface area contributed by atoms with Crippen LogP contribution in [0, 0.1) is 0 Å². The van der Waals surface area contributed by atoms with Gasteiger partial charge in [-0.3, -0.25) is 0 Å². The van der Waals surface area contributed by atoms with Gasteiger partial charge >= 0.3 is 0 Å². The maximum atomic E-state index is 5.67. The summed E-state index contributed by atoms with van der Waals surface area (Å²) >= 11 is 5.67. The molecule has 0 radical (unpaired) electrons. The van der Waals surface area contributed by atoms with E-state index in [9.17, 15) is 0 Å². The summed E-state index contributed by atoms with van der Waals surface area (Å²) in [6.45, 7) is 0. The van der Waals surface area contributed by atoms with Crippen molar-refractivity contribution in [2.45, 2.75) is 12.5 Å². The second-order valence-electron chi connectivity index (χ2n) is 2.71. The maximum Gasteiger partial charge on any atom is 0.123 e. The van der Waals surface area contributed by atoms with Crippen molar-refractivity contribution in [2.24, 2.45) is 0 Å². The van der Waals surface area contributed by atoms with Gasteiger partial charge in [-0.2, -0.15) is 0 Å². The van der Waals surface area contributed by atoms with Crippen LogP contribution in [0.15, 0.2) is 24.3 Å². The average Bonchev–Trinajstić information content (AvgIpc) is 2.46. The van der Waals surface area contributed by atoms with Crippen LogP contribution in [0.4, 0.5) is 0 Å². The summed E-state index contributed by atoms with van der Waals surface area (Å²) < 4.78 is 5.52. The van der Waals surface area contributed by atoms with Gasteiger partial charge in [0, 0.05) is 6.42 Å². The Kier molecular flexibility index (Phi) is 1.74. The second-order valence-corrected chi connectivity index (χ2v) is 3.01. The molecule has 1 atom stereocenters. The van der Waals surface area contributed by atoms with Gasteiger partial charge in [-0.25, -0.2) is 0 Å². The van der Waals surface area contributed by atoms with Crippen molar-refractivity contribution in [3.8, 4) is 5.75 Å². The molecule has 0 fully saturated rings. The average molecular weight is 169 g/mol. The molecule has 0 unspecified atom stereocenters. The van der Waals surface area contributed by atoms with E-state index in [1.165, 1.54) is 5.56 Å². The van der Waals surface area contributed by atoms with Crippen LogP contribution >= 0.6 is 11.6 Å². The van der Waals surface area contributed by atoms with Crippen molar-refractivity contribution in [1.29, 1.82) is 0 Å². The lowest BCUT2D eigenvalue weighted by Crippen LogP contribution is -2.13. The van der Waals surface area contributed by atoms with Crippen molar-refractivity contribution in [2.75, 3.05) is 5.88 Å². The number of benzene rings is 1. The standard InChI is InChI=1S/C9H9ClO/c10-6-8-5-7-3-1-2-4-9(7)11-8/h1-4,8H,5-6H2/t8-/m1/s1. The maximum absolute atomic E-state index is 5.67. The van der Waals surface area contributed by atoms with Crippen LogP contribution in [0.5, 0.6) is 5.75 Å². The molecular formula is C9H9ClO. The van der Waals surface area contributed by atoms with Gasteiger partial charge in [0.2, 0.25) is 0 Å². The van der Waals surface area contributed by atoms with Gasteiger partial charge in [0.25, 0.3) is 0 Å². The third kappa shape index (κ3) is 1.21. The highest BCUT2D eigenvalue weighted by Crippen LogP contribution is 2.28. The van der Waals surface area contributed by atoms with Crippen molar-refractivity contribution in [3.05, 3.63) is 29.8 Å². The summed E-state index contributed by atoms with van der Waals surface area (Å²) in [5.74, 6) is 1.58. The first-order chi connectivity index (χ1) is 5.40. The van der Waals surface area contributed by atoms with E-state index in [1.807, 2.05) is 18.2 Å². The van der Waals surface area contributed by atoms with Gasteiger partial charge in [-0.05, 0) is 11.6 Å². The lowest BCUT2D eigenvalue weighted by Gasteiger charge is -2.04. The quantitative estimate of drug-likeness (QED) is 0.585. The Morgan fingerprint density at radius 2 is 2.27 bits per heavy atom. The Morgan fingerprint density at radius 3 is 3.00 bits per heavy atom. The SMILES string of the molecule is ClC[C@H]1Cc2ccccc2O1. The number of hydrogen-bond acceptors (Lipinski definition) is 1. The summed E-state index contributed by atoms with van der Waals surface area (Å²) in [4.78, 5) is 0. The molecule has 0 amide bonds. The van der Waals surface area contributed by atoms with Gasteiger partial charge in [0.15, 0.2) is 0 Å². The molecule has 2 heteroatoms. The number of rotatable bonds is 1. The largest absolute Gasteiger partial charge is 0.489 e. The number of alkyl halides is 1. The molecule has 0 spiro atoms. The summed E-state index contributed by atoms with van der Waals surface area (Å²) in [5, 5.41) is 0. The molecule has 58 valence electrons. The molecule has 2 rings (SSSR count). The summed E-state index contributed by atoms with van der Waals surface area (Å²) in [5.41, 5.74) is 1.28. The van der Waals surface area contributed by atoms with Crippen LogP contribution < -0.4 is 4.74 Å². The lowest BCUT2D eigenvalue weighted by atomic mass is 10.1. The zero-order valence-corrected chi connectivity index (χ0v) is 6.84. The van der Waals surface area contributed by atoms with E-state index in [2.05, 4.69) is 6.07 Å². The molecule has 0 N–H and O–H groups in total. The molecule has 1 aromatic carbocycles. The second kappa shape index (κ2) is 2.74. The summed E-state index contributed by atoms with van der Waals surface area (Å²) in [7, 11) is 0. The minimum Gasteiger partial charge on any atom is -0.489 e. The van der Waals surface area contributed by atoms with Gasteiger partial charge < -0.3 is 4.74 Å². The fourth-order valence-electron chi connectivity index (χ4n) is 1.34. The van der Waals surface area contributed by atoms with Crippen LogP contribution in [0.25, 0.3) is 0 Å². The minimum atomic E-state index is 0.189. The summed E-state index contributed by atoms with van der Waals surface area (Å²) in [6.07, 6.45) is 1.15. The smallest absolute Gasteiger partial charge is 0.123 e. The fourth-order valence-corrected chi connectivity index (χ4v) is 1.51. The first-order valence-electron chi connectivity index (χ1n) is 3.70. The number of hydrogen-bond donors (Lipinski definition) is 0. The van der Waals surface area contributed by atoms with Crippen LogP contribution in [-0.4, -0.2) is 12.0 Å². The van der Waals surface area contributed by atoms with Gasteiger partial charge in [0.1, 0.15) is 11.9 Å². The first-order valence-corrected chi connectivity index (χ1v) is 4.24. The highest BCUT2D eigenvalue weighted by Gasteiger charge is 2.20. The van der Waals surface area contributed by atoms with E-state index in [1.54, 1.807) is 0 Å². The molecule has 0 saturated heterocycles. The zero-order chi connectivity index (χ0) is 7.68. The first kappa shape index (κ1) is 6.99. The molecule has 0 saturated carbocycles. The van der Waals surface area contributed by atoms with E-state index in [4.69, 9.17) is 16.3 Å². The number of halogens is 1. The molecule has 1 nitrogen and oxygen atoms in total. The van der Waals surface area contributed by atoms with E-state index in [0.717, 1.165) is 12.2 Å². The normalized spacial score (nSPS) is 21.0. The Morgan fingerprint density at radius 1 is 1.45 bits per heavy atom. The van der Waals surface area contributed by atoms with Crippen LogP contribution in [0.1, 0.15) is 5.56 Å². The number of fused-ring (bicyclic) bond motifs is 1. The predicted octanol–water partition coefficient (Wildman–Crippen LogP) is 2.23. The topological polar surface area (TPSA) is 9.23 Å². The molecule has 11 heavy (non-hydrogen) atoms. The third-order valence-corrected chi connectivity index (χ3v) is 2.23. The summed E-state index contributed by atoms with van der Waals surface area (Å²) in [6, 6.07) is 8.08. The molecule has 1 aliphatic heterocycles. The minimum absolute atomic E-state index is 0.189. The fraction of sp³-hybridized carbons (Fsp3) is 0.333. The molecule has 0 aromatic heterocycles. The Balaban J connectivity index is 2.27. The Bertz CT molecular complexity index is 234. The zero-order valence-electron chi connectivity index (χ0n) is 6.09. The molecule has 1 aromatic rings. The van der Waals surface area contributed by atoms with E-state index in [-0.39, 0.29) is 6.10 Å². The van der Waals surface area contributed by atoms with E-state index < -0.39 is 0 Å². The number of para-hydroxylation sites is 1. The molecule has 0 aliphatic carbocycles. The Labute approximate surface area is 70.9 Å². The third-order valence-electron chi connectivity index (χ3n) is 1.89. The van der Waals surface area contributed by atoms with Crippen molar-refractivity contribution in [3.63, 3.8) is 0 Å². The molecular weight excluding hydrogens is 160 g/mol. The van der Waals surface area contributed by atoms with Gasteiger partial charge in [-0.1, -0.05) is 18.2 Å². The molecule has 1 aliphatic rings. The highest BCUT2D eigenvalue weighted by atomic mass is 35.5. The van der Waals surface area contributed by atoms with Crippen LogP contribution in [0.2, 0.25) is 0 Å². The lowest BCUT2D eigenvalue weighted by molar-refractivity contribution is 0.258. The molecule has 1 heterocycles. The highest BCUT2D eigenvalue weighted by molar-refractivity contribution is 6.18. The van der Waals surface area contributed by atoms with Crippen LogP contribution in [-0.2, 0) is 6.42 Å². The van der Waals surface area contributed by atoms with E-state index in [0.29, 0.717) is 5.88 Å². The van der Waals surface area contributed by atoms with Crippen molar-refractivity contribution >= 4 is 11.6 Å². The van der Waals surface area contributed by atoms with Gasteiger partial charge in [-0.15, -0.1) is 11.6 Å². The van der Waals surface area contributed by atoms with Crippen LogP contribution in [0.3, 0.4) is 0 Å².